The molecule has 0 bridgehead atoms. The molecule has 0 radical (unpaired) electrons. The van der Waals surface area contributed by atoms with Crippen LogP contribution in [-0.2, 0) is 4.74 Å². The summed E-state index contributed by atoms with van der Waals surface area (Å²) in [5.74, 6) is 0. The summed E-state index contributed by atoms with van der Waals surface area (Å²) < 4.78 is 5.89. The molecular formula is C20H18ClN7O2S. The van der Waals surface area contributed by atoms with E-state index in [0.717, 1.165) is 33.8 Å². The molecule has 1 saturated heterocycles. The molecular weight excluding hydrogens is 438 g/mol. The predicted molar refractivity (Wildman–Crippen MR) is 119 cm³/mol. The molecule has 5 rings (SSSR count). The fourth-order valence-electron chi connectivity index (χ4n) is 3.60. The molecule has 0 spiro atoms. The van der Waals surface area contributed by atoms with Crippen molar-refractivity contribution in [2.45, 2.75) is 25.9 Å². The van der Waals surface area contributed by atoms with Crippen molar-refractivity contribution in [2.75, 3.05) is 17.2 Å². The van der Waals surface area contributed by atoms with Crippen molar-refractivity contribution in [2.24, 2.45) is 0 Å². The maximum atomic E-state index is 12.7. The summed E-state index contributed by atoms with van der Waals surface area (Å²) in [5, 5.41) is 15.2. The highest BCUT2D eigenvalue weighted by Gasteiger charge is 2.26. The van der Waals surface area contributed by atoms with Gasteiger partial charge in [0.05, 0.1) is 40.4 Å². The Balaban J connectivity index is 1.39. The minimum absolute atomic E-state index is 0.113. The molecule has 0 saturated carbocycles. The molecule has 2 N–H and O–H groups in total. The van der Waals surface area contributed by atoms with E-state index in [1.165, 1.54) is 16.1 Å². The molecule has 1 aliphatic heterocycles. The van der Waals surface area contributed by atoms with Crippen LogP contribution in [0, 0.1) is 6.92 Å². The van der Waals surface area contributed by atoms with Gasteiger partial charge in [-0.3, -0.25) is 0 Å². The number of pyridine rings is 1. The Morgan fingerprint density at radius 3 is 2.87 bits per heavy atom. The van der Waals surface area contributed by atoms with Crippen LogP contribution in [-0.4, -0.2) is 37.6 Å². The summed E-state index contributed by atoms with van der Waals surface area (Å²) in [6.07, 6.45) is 6.53. The second-order valence-corrected chi connectivity index (χ2v) is 8.63. The average Bonchev–Trinajstić information content (AvgIpc) is 3.49. The van der Waals surface area contributed by atoms with Gasteiger partial charge < -0.3 is 15.4 Å². The maximum absolute atomic E-state index is 12.7. The molecule has 11 heteroatoms. The fraction of sp³-hybridized carbons (Fsp3) is 0.250. The van der Waals surface area contributed by atoms with Gasteiger partial charge >= 0.3 is 6.03 Å². The first-order valence-corrected chi connectivity index (χ1v) is 10.9. The van der Waals surface area contributed by atoms with Gasteiger partial charge in [0.25, 0.3) is 0 Å². The largest absolute Gasteiger partial charge is 0.373 e. The predicted octanol–water partition coefficient (Wildman–Crippen LogP) is 4.73. The first-order chi connectivity index (χ1) is 15.1. The second-order valence-electron chi connectivity index (χ2n) is 7.04. The summed E-state index contributed by atoms with van der Waals surface area (Å²) in [5.41, 5.74) is 3.40. The lowest BCUT2D eigenvalue weighted by molar-refractivity contribution is 0.113. The zero-order valence-corrected chi connectivity index (χ0v) is 18.1. The highest BCUT2D eigenvalue weighted by Crippen LogP contribution is 2.38. The number of aryl methyl sites for hydroxylation is 1. The maximum Gasteiger partial charge on any atom is 0.323 e. The van der Waals surface area contributed by atoms with E-state index in [-0.39, 0.29) is 6.10 Å². The zero-order valence-electron chi connectivity index (χ0n) is 16.5. The number of amides is 2. The summed E-state index contributed by atoms with van der Waals surface area (Å²) in [6.45, 7) is 2.64. The van der Waals surface area contributed by atoms with Crippen LogP contribution in [0.3, 0.4) is 0 Å². The van der Waals surface area contributed by atoms with Crippen molar-refractivity contribution in [3.8, 4) is 5.69 Å². The monoisotopic (exact) mass is 455 g/mol. The third-order valence-corrected chi connectivity index (χ3v) is 6.09. The second kappa shape index (κ2) is 8.22. The Labute approximate surface area is 186 Å². The van der Waals surface area contributed by atoms with E-state index < -0.39 is 6.03 Å². The van der Waals surface area contributed by atoms with Crippen LogP contribution in [0.1, 0.15) is 29.5 Å². The number of hydrogen-bond acceptors (Lipinski definition) is 7. The number of thiazole rings is 1. The molecule has 1 unspecified atom stereocenters. The van der Waals surface area contributed by atoms with E-state index in [0.29, 0.717) is 28.7 Å². The van der Waals surface area contributed by atoms with Crippen molar-refractivity contribution in [3.63, 3.8) is 0 Å². The number of aromatic nitrogens is 5. The fourth-order valence-corrected chi connectivity index (χ4v) is 4.63. The molecule has 4 aromatic rings. The standard InChI is InChI=1S/C20H18ClN7O2S/c1-11-25-18-17(16-3-2-8-30-16)14(10-22-19(18)31-11)27-20(29)26-12-4-5-15(13(21)9-12)28-23-6-7-24-28/h4-7,9-10,16H,2-3,8H2,1H3,(H2,26,27,29). The number of fused-ring (bicyclic) bond motifs is 1. The quantitative estimate of drug-likeness (QED) is 0.460. The molecule has 3 aromatic heterocycles. The van der Waals surface area contributed by atoms with Crippen molar-refractivity contribution in [3.05, 3.63) is 52.4 Å². The number of ether oxygens (including phenoxy) is 1. The number of rotatable bonds is 4. The minimum Gasteiger partial charge on any atom is -0.373 e. The molecule has 31 heavy (non-hydrogen) atoms. The van der Waals surface area contributed by atoms with Crippen molar-refractivity contribution in [1.82, 2.24) is 25.0 Å². The Hall–Kier alpha value is -3.08. The van der Waals surface area contributed by atoms with Gasteiger partial charge in [-0.2, -0.15) is 15.0 Å². The molecule has 2 amide bonds. The number of anilines is 2. The van der Waals surface area contributed by atoms with Crippen LogP contribution < -0.4 is 10.6 Å². The Morgan fingerprint density at radius 2 is 2.13 bits per heavy atom. The summed E-state index contributed by atoms with van der Waals surface area (Å²) in [6, 6.07) is 4.71. The van der Waals surface area contributed by atoms with Gasteiger partial charge in [0.15, 0.2) is 0 Å². The van der Waals surface area contributed by atoms with E-state index in [9.17, 15) is 4.79 Å². The van der Waals surface area contributed by atoms with E-state index in [1.807, 2.05) is 6.92 Å². The summed E-state index contributed by atoms with van der Waals surface area (Å²) in [7, 11) is 0. The van der Waals surface area contributed by atoms with Gasteiger partial charge in [0.1, 0.15) is 16.0 Å². The van der Waals surface area contributed by atoms with Crippen molar-refractivity contribution in [1.29, 1.82) is 0 Å². The summed E-state index contributed by atoms with van der Waals surface area (Å²) >= 11 is 7.86. The van der Waals surface area contributed by atoms with Crippen molar-refractivity contribution < 1.29 is 9.53 Å². The number of benzene rings is 1. The molecule has 1 aliphatic rings. The van der Waals surface area contributed by atoms with Gasteiger partial charge in [0, 0.05) is 17.9 Å². The zero-order chi connectivity index (χ0) is 21.4. The molecule has 158 valence electrons. The molecule has 4 heterocycles. The number of urea groups is 1. The van der Waals surface area contributed by atoms with E-state index in [2.05, 4.69) is 30.8 Å². The van der Waals surface area contributed by atoms with E-state index in [1.54, 1.807) is 36.8 Å². The summed E-state index contributed by atoms with van der Waals surface area (Å²) in [4.78, 5) is 24.1. The number of halogens is 1. The van der Waals surface area contributed by atoms with Crippen molar-refractivity contribution >= 4 is 50.7 Å². The lowest BCUT2D eigenvalue weighted by atomic mass is 10.1. The van der Waals surface area contributed by atoms with Crippen LogP contribution in [0.4, 0.5) is 16.2 Å². The number of nitrogens with zero attached hydrogens (tertiary/aromatic N) is 5. The lowest BCUT2D eigenvalue weighted by Crippen LogP contribution is -2.21. The smallest absolute Gasteiger partial charge is 0.323 e. The third kappa shape index (κ3) is 3.97. The minimum atomic E-state index is -0.409. The van der Waals surface area contributed by atoms with Crippen LogP contribution in [0.25, 0.3) is 16.0 Å². The average molecular weight is 456 g/mol. The number of hydrogen-bond donors (Lipinski definition) is 2. The third-order valence-electron chi connectivity index (χ3n) is 4.91. The molecule has 1 atom stereocenters. The van der Waals surface area contributed by atoms with Gasteiger partial charge in [-0.1, -0.05) is 22.9 Å². The lowest BCUT2D eigenvalue weighted by Gasteiger charge is -2.16. The van der Waals surface area contributed by atoms with E-state index in [4.69, 9.17) is 16.3 Å². The molecule has 9 nitrogen and oxygen atoms in total. The first kappa shape index (κ1) is 19.9. The normalized spacial score (nSPS) is 16.0. The first-order valence-electron chi connectivity index (χ1n) is 9.70. The number of carbonyl (C=O) groups is 1. The van der Waals surface area contributed by atoms with Gasteiger partial charge in [-0.05, 0) is 38.0 Å². The molecule has 1 aromatic carbocycles. The van der Waals surface area contributed by atoms with Gasteiger partial charge in [-0.25, -0.2) is 14.8 Å². The SMILES string of the molecule is Cc1nc2c(C3CCCO3)c(NC(=O)Nc3ccc(-n4nccn4)c(Cl)c3)cnc2s1. The van der Waals surface area contributed by atoms with Crippen LogP contribution in [0.5, 0.6) is 0 Å². The van der Waals surface area contributed by atoms with Crippen LogP contribution >= 0.6 is 22.9 Å². The number of nitrogens with one attached hydrogen (secondary N) is 2. The highest BCUT2D eigenvalue weighted by atomic mass is 35.5. The topological polar surface area (TPSA) is 107 Å². The van der Waals surface area contributed by atoms with Gasteiger partial charge in [0.2, 0.25) is 0 Å². The van der Waals surface area contributed by atoms with Crippen LogP contribution in [0.2, 0.25) is 5.02 Å². The van der Waals surface area contributed by atoms with Crippen LogP contribution in [0.15, 0.2) is 36.8 Å². The number of carbonyl (C=O) groups excluding carboxylic acids is 1. The molecule has 1 fully saturated rings. The van der Waals surface area contributed by atoms with E-state index >= 15 is 0 Å². The molecule has 0 aliphatic carbocycles. The van der Waals surface area contributed by atoms with Gasteiger partial charge in [-0.15, -0.1) is 0 Å². The Bertz CT molecular complexity index is 1250. The Kier molecular flexibility index (Phi) is 5.26. The highest BCUT2D eigenvalue weighted by molar-refractivity contribution is 7.18. The Morgan fingerprint density at radius 1 is 1.29 bits per heavy atom.